The highest BCUT2D eigenvalue weighted by atomic mass is 32.2. The molecule has 8 heteroatoms. The minimum absolute atomic E-state index is 0.0593. The van der Waals surface area contributed by atoms with Crippen LogP contribution in [0.25, 0.3) is 0 Å². The molecule has 0 atom stereocenters. The van der Waals surface area contributed by atoms with Gasteiger partial charge in [0, 0.05) is 13.1 Å². The molecule has 7 nitrogen and oxygen atoms in total. The molecule has 0 saturated heterocycles. The summed E-state index contributed by atoms with van der Waals surface area (Å²) in [6.07, 6.45) is 1.58. The molecule has 0 fully saturated rings. The average Bonchev–Trinajstić information content (AvgIpc) is 2.87. The van der Waals surface area contributed by atoms with Crippen LogP contribution in [0.1, 0.15) is 5.76 Å². The van der Waals surface area contributed by atoms with E-state index >= 15 is 0 Å². The Labute approximate surface area is 120 Å². The van der Waals surface area contributed by atoms with Crippen molar-refractivity contribution in [3.63, 3.8) is 0 Å². The number of nitrogen functional groups attached to an aromatic ring is 2. The minimum Gasteiger partial charge on any atom is -0.467 e. The third kappa shape index (κ3) is 3.89. The van der Waals surface area contributed by atoms with Crippen LogP contribution in [0.3, 0.4) is 0 Å². The Bertz CT molecular complexity index is 567. The van der Waals surface area contributed by atoms with Gasteiger partial charge >= 0.3 is 0 Å². The van der Waals surface area contributed by atoms with Crippen molar-refractivity contribution >= 4 is 29.3 Å². The highest BCUT2D eigenvalue weighted by molar-refractivity contribution is 7.99. The number of aromatic nitrogens is 2. The van der Waals surface area contributed by atoms with E-state index in [1.165, 1.54) is 17.8 Å². The number of furan rings is 1. The van der Waals surface area contributed by atoms with Crippen molar-refractivity contribution in [1.82, 2.24) is 14.9 Å². The van der Waals surface area contributed by atoms with E-state index in [1.807, 2.05) is 6.07 Å². The zero-order chi connectivity index (χ0) is 14.5. The van der Waals surface area contributed by atoms with E-state index in [2.05, 4.69) is 9.97 Å². The molecule has 0 aliphatic heterocycles. The molecule has 0 unspecified atom stereocenters. The number of anilines is 2. The van der Waals surface area contributed by atoms with Gasteiger partial charge < -0.3 is 20.8 Å². The van der Waals surface area contributed by atoms with Gasteiger partial charge in [0.1, 0.15) is 17.4 Å². The fourth-order valence-corrected chi connectivity index (χ4v) is 2.30. The molecule has 2 heterocycles. The van der Waals surface area contributed by atoms with E-state index in [9.17, 15) is 4.79 Å². The van der Waals surface area contributed by atoms with E-state index in [0.717, 1.165) is 5.76 Å². The van der Waals surface area contributed by atoms with Crippen LogP contribution in [0.15, 0.2) is 34.0 Å². The standard InChI is InChI=1S/C12H15N5O2S/c1-17(6-8-3-2-4-19-8)11(18)7-20-12-15-9(13)5-10(14)16-12/h2-5H,6-7H2,1H3,(H4,13,14,15,16). The van der Waals surface area contributed by atoms with Gasteiger partial charge in [-0.05, 0) is 12.1 Å². The van der Waals surface area contributed by atoms with Crippen molar-refractivity contribution in [1.29, 1.82) is 0 Å². The number of carbonyl (C=O) groups excluding carboxylic acids is 1. The van der Waals surface area contributed by atoms with E-state index in [1.54, 1.807) is 24.3 Å². The van der Waals surface area contributed by atoms with Gasteiger partial charge in [-0.2, -0.15) is 0 Å². The van der Waals surface area contributed by atoms with Gasteiger partial charge in [-0.25, -0.2) is 9.97 Å². The van der Waals surface area contributed by atoms with Gasteiger partial charge in [0.25, 0.3) is 0 Å². The van der Waals surface area contributed by atoms with Crippen molar-refractivity contribution in [2.45, 2.75) is 11.7 Å². The van der Waals surface area contributed by atoms with Crippen molar-refractivity contribution in [2.75, 3.05) is 24.3 Å². The molecule has 2 aromatic heterocycles. The lowest BCUT2D eigenvalue weighted by atomic mass is 10.4. The van der Waals surface area contributed by atoms with Crippen molar-refractivity contribution in [3.05, 3.63) is 30.2 Å². The molecular formula is C12H15N5O2S. The molecule has 0 aliphatic rings. The van der Waals surface area contributed by atoms with Crippen LogP contribution in [0.2, 0.25) is 0 Å². The lowest BCUT2D eigenvalue weighted by Gasteiger charge is -2.15. The highest BCUT2D eigenvalue weighted by Crippen LogP contribution is 2.17. The van der Waals surface area contributed by atoms with Crippen LogP contribution in [0, 0.1) is 0 Å². The molecule has 0 radical (unpaired) electrons. The Morgan fingerprint density at radius 2 is 2.10 bits per heavy atom. The topological polar surface area (TPSA) is 111 Å². The summed E-state index contributed by atoms with van der Waals surface area (Å²) in [5.74, 6) is 1.46. The summed E-state index contributed by atoms with van der Waals surface area (Å²) in [7, 11) is 1.71. The summed E-state index contributed by atoms with van der Waals surface area (Å²) < 4.78 is 5.19. The maximum atomic E-state index is 12.0. The molecular weight excluding hydrogens is 278 g/mol. The van der Waals surface area contributed by atoms with Crippen molar-refractivity contribution in [3.8, 4) is 0 Å². The second-order valence-electron chi connectivity index (χ2n) is 4.12. The van der Waals surface area contributed by atoms with Gasteiger partial charge in [-0.1, -0.05) is 11.8 Å². The van der Waals surface area contributed by atoms with Crippen LogP contribution in [-0.2, 0) is 11.3 Å². The third-order valence-corrected chi connectivity index (χ3v) is 3.30. The molecule has 2 aromatic rings. The molecule has 0 aliphatic carbocycles. The number of nitrogens with zero attached hydrogens (tertiary/aromatic N) is 3. The van der Waals surface area contributed by atoms with Crippen LogP contribution < -0.4 is 11.5 Å². The predicted molar refractivity (Wildman–Crippen MR) is 76.8 cm³/mol. The zero-order valence-corrected chi connectivity index (χ0v) is 11.8. The van der Waals surface area contributed by atoms with Crippen molar-refractivity contribution < 1.29 is 9.21 Å². The lowest BCUT2D eigenvalue weighted by molar-refractivity contribution is -0.127. The highest BCUT2D eigenvalue weighted by Gasteiger charge is 2.12. The maximum Gasteiger partial charge on any atom is 0.233 e. The number of rotatable bonds is 5. The van der Waals surface area contributed by atoms with E-state index < -0.39 is 0 Å². The largest absolute Gasteiger partial charge is 0.467 e. The van der Waals surface area contributed by atoms with Crippen LogP contribution in [0.5, 0.6) is 0 Å². The minimum atomic E-state index is -0.0593. The number of hydrogen-bond donors (Lipinski definition) is 2. The second kappa shape index (κ2) is 6.29. The first-order valence-corrected chi connectivity index (χ1v) is 6.82. The number of amides is 1. The summed E-state index contributed by atoms with van der Waals surface area (Å²) in [5.41, 5.74) is 11.1. The Hall–Kier alpha value is -2.22. The number of thioether (sulfide) groups is 1. The Morgan fingerprint density at radius 3 is 2.70 bits per heavy atom. The van der Waals surface area contributed by atoms with Gasteiger partial charge in [-0.15, -0.1) is 0 Å². The molecule has 0 saturated carbocycles. The normalized spacial score (nSPS) is 10.4. The first-order chi connectivity index (χ1) is 9.54. The summed E-state index contributed by atoms with van der Waals surface area (Å²) >= 11 is 1.19. The fraction of sp³-hybridized carbons (Fsp3) is 0.250. The molecule has 4 N–H and O–H groups in total. The molecule has 0 aromatic carbocycles. The van der Waals surface area contributed by atoms with E-state index in [0.29, 0.717) is 11.7 Å². The number of nitrogens with two attached hydrogens (primary N) is 2. The van der Waals surface area contributed by atoms with E-state index in [-0.39, 0.29) is 23.3 Å². The average molecular weight is 293 g/mol. The maximum absolute atomic E-state index is 12.0. The van der Waals surface area contributed by atoms with Gasteiger partial charge in [0.15, 0.2) is 5.16 Å². The fourth-order valence-electron chi connectivity index (χ4n) is 1.49. The third-order valence-electron chi connectivity index (χ3n) is 2.47. The summed E-state index contributed by atoms with van der Waals surface area (Å²) in [6.45, 7) is 0.423. The zero-order valence-electron chi connectivity index (χ0n) is 10.9. The summed E-state index contributed by atoms with van der Waals surface area (Å²) in [5, 5.41) is 0.391. The van der Waals surface area contributed by atoms with Gasteiger partial charge in [0.05, 0.1) is 18.6 Å². The Morgan fingerprint density at radius 1 is 1.40 bits per heavy atom. The number of hydrogen-bond acceptors (Lipinski definition) is 7. The quantitative estimate of drug-likeness (QED) is 0.624. The second-order valence-corrected chi connectivity index (χ2v) is 5.06. The van der Waals surface area contributed by atoms with Gasteiger partial charge in [0.2, 0.25) is 5.91 Å². The molecule has 0 bridgehead atoms. The first kappa shape index (κ1) is 14.2. The van der Waals surface area contributed by atoms with Crippen LogP contribution in [0.4, 0.5) is 11.6 Å². The van der Waals surface area contributed by atoms with Crippen LogP contribution in [-0.4, -0.2) is 33.6 Å². The molecule has 20 heavy (non-hydrogen) atoms. The SMILES string of the molecule is CN(Cc1ccco1)C(=O)CSc1nc(N)cc(N)n1. The summed E-state index contributed by atoms with van der Waals surface area (Å²) in [6, 6.07) is 5.07. The van der Waals surface area contributed by atoms with Crippen molar-refractivity contribution in [2.24, 2.45) is 0 Å². The first-order valence-electron chi connectivity index (χ1n) is 5.84. The molecule has 0 spiro atoms. The predicted octanol–water partition coefficient (Wildman–Crippen LogP) is 0.985. The molecule has 106 valence electrons. The van der Waals surface area contributed by atoms with E-state index in [4.69, 9.17) is 15.9 Å². The monoisotopic (exact) mass is 293 g/mol. The Balaban J connectivity index is 1.88. The molecule has 2 rings (SSSR count). The lowest BCUT2D eigenvalue weighted by Crippen LogP contribution is -2.27. The number of carbonyl (C=O) groups is 1. The Kier molecular flexibility index (Phi) is 4.46. The van der Waals surface area contributed by atoms with Gasteiger partial charge in [-0.3, -0.25) is 4.79 Å². The summed E-state index contributed by atoms with van der Waals surface area (Å²) in [4.78, 5) is 21.5. The van der Waals surface area contributed by atoms with Crippen LogP contribution >= 0.6 is 11.8 Å². The smallest absolute Gasteiger partial charge is 0.233 e. The molecule has 1 amide bonds.